The monoisotopic (exact) mass is 238 g/mol. The highest BCUT2D eigenvalue weighted by Gasteiger charge is 2.05. The van der Waals surface area contributed by atoms with E-state index in [4.69, 9.17) is 5.32 Å². The van der Waals surface area contributed by atoms with E-state index in [1.54, 1.807) is 0 Å². The SMILES string of the molecule is C=CCCCCCCC(CC)[N]CCCCC. The average Bonchev–Trinajstić information content (AvgIpc) is 2.36. The summed E-state index contributed by atoms with van der Waals surface area (Å²) in [6, 6.07) is 0.631. The summed E-state index contributed by atoms with van der Waals surface area (Å²) in [7, 11) is 0. The third kappa shape index (κ3) is 12.0. The largest absolute Gasteiger partial charge is 0.238 e. The zero-order valence-electron chi connectivity index (χ0n) is 12.1. The molecule has 1 atom stereocenters. The summed E-state index contributed by atoms with van der Waals surface area (Å²) in [6.45, 7) is 9.36. The highest BCUT2D eigenvalue weighted by Crippen LogP contribution is 2.10. The van der Waals surface area contributed by atoms with Gasteiger partial charge in [-0.05, 0) is 32.1 Å². The van der Waals surface area contributed by atoms with Crippen molar-refractivity contribution in [2.45, 2.75) is 84.1 Å². The van der Waals surface area contributed by atoms with Crippen LogP contribution in [0.2, 0.25) is 0 Å². The molecule has 1 radical (unpaired) electrons. The van der Waals surface area contributed by atoms with Crippen LogP contribution >= 0.6 is 0 Å². The van der Waals surface area contributed by atoms with Gasteiger partial charge in [0.25, 0.3) is 0 Å². The summed E-state index contributed by atoms with van der Waals surface area (Å²) in [5, 5.41) is 4.80. The number of allylic oxidation sites excluding steroid dienone is 1. The van der Waals surface area contributed by atoms with Gasteiger partial charge < -0.3 is 0 Å². The van der Waals surface area contributed by atoms with Gasteiger partial charge in [0.15, 0.2) is 0 Å². The topological polar surface area (TPSA) is 14.1 Å². The molecule has 0 aromatic carbocycles. The predicted molar refractivity (Wildman–Crippen MR) is 78.5 cm³/mol. The van der Waals surface area contributed by atoms with Crippen LogP contribution in [-0.4, -0.2) is 12.6 Å². The maximum atomic E-state index is 4.80. The molecule has 0 N–H and O–H groups in total. The van der Waals surface area contributed by atoms with Crippen molar-refractivity contribution in [2.75, 3.05) is 6.54 Å². The van der Waals surface area contributed by atoms with Crippen LogP contribution in [0.5, 0.6) is 0 Å². The number of rotatable bonds is 13. The van der Waals surface area contributed by atoms with Crippen molar-refractivity contribution in [3.63, 3.8) is 0 Å². The molecule has 0 heterocycles. The van der Waals surface area contributed by atoms with Gasteiger partial charge in [-0.3, -0.25) is 0 Å². The van der Waals surface area contributed by atoms with Gasteiger partial charge in [0.05, 0.1) is 0 Å². The summed E-state index contributed by atoms with van der Waals surface area (Å²) < 4.78 is 0. The van der Waals surface area contributed by atoms with E-state index in [0.29, 0.717) is 6.04 Å². The first-order chi connectivity index (χ1) is 8.35. The second-order valence-corrected chi connectivity index (χ2v) is 4.96. The Morgan fingerprint density at radius 2 is 1.76 bits per heavy atom. The van der Waals surface area contributed by atoms with Crippen LogP contribution < -0.4 is 5.32 Å². The normalized spacial score (nSPS) is 12.6. The third-order valence-electron chi connectivity index (χ3n) is 3.32. The molecule has 0 rings (SSSR count). The van der Waals surface area contributed by atoms with Crippen LogP contribution in [0.1, 0.15) is 78.1 Å². The third-order valence-corrected chi connectivity index (χ3v) is 3.32. The van der Waals surface area contributed by atoms with Crippen molar-refractivity contribution in [3.05, 3.63) is 12.7 Å². The van der Waals surface area contributed by atoms with E-state index in [1.165, 1.54) is 64.2 Å². The second kappa shape index (κ2) is 13.8. The Labute approximate surface area is 109 Å². The molecule has 0 aliphatic carbocycles. The van der Waals surface area contributed by atoms with Crippen LogP contribution in [-0.2, 0) is 0 Å². The maximum absolute atomic E-state index is 4.80. The van der Waals surface area contributed by atoms with Gasteiger partial charge in [-0.25, -0.2) is 5.32 Å². The van der Waals surface area contributed by atoms with E-state index in [2.05, 4.69) is 20.4 Å². The Balaban J connectivity index is 3.31. The maximum Gasteiger partial charge on any atom is 0.0243 e. The number of hydrogen-bond donors (Lipinski definition) is 0. The Kier molecular flexibility index (Phi) is 13.5. The van der Waals surface area contributed by atoms with Crippen molar-refractivity contribution >= 4 is 0 Å². The molecular formula is C16H32N. The highest BCUT2D eigenvalue weighted by molar-refractivity contribution is 4.67. The first-order valence-corrected chi connectivity index (χ1v) is 7.62. The summed E-state index contributed by atoms with van der Waals surface area (Å²) >= 11 is 0. The van der Waals surface area contributed by atoms with E-state index in [-0.39, 0.29) is 0 Å². The van der Waals surface area contributed by atoms with Crippen LogP contribution in [0.25, 0.3) is 0 Å². The average molecular weight is 238 g/mol. The molecule has 0 aliphatic heterocycles. The van der Waals surface area contributed by atoms with Gasteiger partial charge in [0.2, 0.25) is 0 Å². The number of unbranched alkanes of at least 4 members (excludes halogenated alkanes) is 6. The number of hydrogen-bond acceptors (Lipinski definition) is 0. The van der Waals surface area contributed by atoms with E-state index in [1.807, 2.05) is 6.08 Å². The van der Waals surface area contributed by atoms with Gasteiger partial charge in [-0.2, -0.15) is 0 Å². The minimum absolute atomic E-state index is 0.631. The molecule has 1 heteroatoms. The highest BCUT2D eigenvalue weighted by atomic mass is 14.9. The standard InChI is InChI=1S/C16H32N/c1-4-7-9-10-11-12-14-16(6-3)17-15-13-8-5-2/h4,16H,1,5-15H2,2-3H3. The van der Waals surface area contributed by atoms with E-state index in [0.717, 1.165) is 6.54 Å². The molecule has 1 nitrogen and oxygen atoms in total. The molecule has 0 amide bonds. The molecule has 0 fully saturated rings. The summed E-state index contributed by atoms with van der Waals surface area (Å²) in [5.41, 5.74) is 0. The smallest absolute Gasteiger partial charge is 0.0243 e. The van der Waals surface area contributed by atoms with E-state index < -0.39 is 0 Å². The van der Waals surface area contributed by atoms with Crippen molar-refractivity contribution in [2.24, 2.45) is 0 Å². The van der Waals surface area contributed by atoms with Gasteiger partial charge in [0.1, 0.15) is 0 Å². The molecule has 0 aliphatic rings. The van der Waals surface area contributed by atoms with Gasteiger partial charge >= 0.3 is 0 Å². The van der Waals surface area contributed by atoms with Crippen molar-refractivity contribution < 1.29 is 0 Å². The van der Waals surface area contributed by atoms with Crippen LogP contribution in [0, 0.1) is 0 Å². The fraction of sp³-hybridized carbons (Fsp3) is 0.875. The van der Waals surface area contributed by atoms with E-state index >= 15 is 0 Å². The van der Waals surface area contributed by atoms with Gasteiger partial charge in [-0.15, -0.1) is 6.58 Å². The van der Waals surface area contributed by atoms with Gasteiger partial charge in [0, 0.05) is 12.6 Å². The van der Waals surface area contributed by atoms with Crippen molar-refractivity contribution in [1.82, 2.24) is 5.32 Å². The molecule has 0 spiro atoms. The minimum atomic E-state index is 0.631. The zero-order chi connectivity index (χ0) is 12.8. The molecule has 1 unspecified atom stereocenters. The lowest BCUT2D eigenvalue weighted by Gasteiger charge is -2.14. The van der Waals surface area contributed by atoms with Gasteiger partial charge in [-0.1, -0.05) is 52.0 Å². The molecule has 0 aromatic heterocycles. The summed E-state index contributed by atoms with van der Waals surface area (Å²) in [6.07, 6.45) is 15.0. The van der Waals surface area contributed by atoms with Crippen LogP contribution in [0.15, 0.2) is 12.7 Å². The number of nitrogens with zero attached hydrogens (tertiary/aromatic N) is 1. The quantitative estimate of drug-likeness (QED) is 0.313. The van der Waals surface area contributed by atoms with Crippen LogP contribution in [0.4, 0.5) is 0 Å². The first-order valence-electron chi connectivity index (χ1n) is 7.62. The lowest BCUT2D eigenvalue weighted by atomic mass is 10.0. The Morgan fingerprint density at radius 1 is 1.00 bits per heavy atom. The second-order valence-electron chi connectivity index (χ2n) is 4.96. The summed E-state index contributed by atoms with van der Waals surface area (Å²) in [4.78, 5) is 0. The summed E-state index contributed by atoms with van der Waals surface area (Å²) in [5.74, 6) is 0. The first kappa shape index (κ1) is 16.7. The Bertz CT molecular complexity index is 154. The predicted octanol–water partition coefficient (Wildman–Crippen LogP) is 5.09. The lowest BCUT2D eigenvalue weighted by Crippen LogP contribution is -2.22. The molecule has 101 valence electrons. The zero-order valence-corrected chi connectivity index (χ0v) is 12.1. The fourth-order valence-corrected chi connectivity index (χ4v) is 2.08. The van der Waals surface area contributed by atoms with Crippen LogP contribution in [0.3, 0.4) is 0 Å². The molecule has 0 saturated carbocycles. The Hall–Kier alpha value is -0.300. The van der Waals surface area contributed by atoms with E-state index in [9.17, 15) is 0 Å². The van der Waals surface area contributed by atoms with Crippen molar-refractivity contribution in [1.29, 1.82) is 0 Å². The molecule has 0 bridgehead atoms. The fourth-order valence-electron chi connectivity index (χ4n) is 2.08. The van der Waals surface area contributed by atoms with Crippen molar-refractivity contribution in [3.8, 4) is 0 Å². The Morgan fingerprint density at radius 3 is 2.41 bits per heavy atom. The molecule has 17 heavy (non-hydrogen) atoms. The molecular weight excluding hydrogens is 206 g/mol. The lowest BCUT2D eigenvalue weighted by molar-refractivity contribution is 0.429. The minimum Gasteiger partial charge on any atom is -0.238 e. The molecule has 0 aromatic rings. The molecule has 0 saturated heterocycles.